The van der Waals surface area contributed by atoms with E-state index in [1.807, 2.05) is 29.5 Å². The Balaban J connectivity index is 0.000000137. The second-order valence-corrected chi connectivity index (χ2v) is 16.8. The quantitative estimate of drug-likeness (QED) is 0.167. The number of hydrogen-bond acceptors (Lipinski definition) is 1. The van der Waals surface area contributed by atoms with E-state index >= 15 is 0 Å². The van der Waals surface area contributed by atoms with Crippen molar-refractivity contribution in [3.63, 3.8) is 0 Å². The van der Waals surface area contributed by atoms with Crippen molar-refractivity contribution in [2.45, 2.75) is 48.5 Å². The highest BCUT2D eigenvalue weighted by molar-refractivity contribution is 7.26. The summed E-state index contributed by atoms with van der Waals surface area (Å²) in [5.41, 5.74) is 17.1. The molecule has 1 heteroatoms. The van der Waals surface area contributed by atoms with Crippen LogP contribution in [0.5, 0.6) is 0 Å². The smallest absolute Gasteiger partial charge is 0.0433 e. The first kappa shape index (κ1) is 41.6. The van der Waals surface area contributed by atoms with Crippen molar-refractivity contribution in [1.82, 2.24) is 0 Å². The van der Waals surface area contributed by atoms with Gasteiger partial charge in [-0.1, -0.05) is 210 Å². The van der Waals surface area contributed by atoms with Crippen molar-refractivity contribution in [3.05, 3.63) is 239 Å². The molecule has 0 nitrogen and oxygen atoms in total. The van der Waals surface area contributed by atoms with Crippen LogP contribution in [0.25, 0.3) is 64.3 Å². The van der Waals surface area contributed by atoms with Crippen LogP contribution in [-0.4, -0.2) is 0 Å². The van der Waals surface area contributed by atoms with Crippen LogP contribution < -0.4 is 0 Å². The number of benzene rings is 9. The fourth-order valence-electron chi connectivity index (χ4n) is 7.71. The molecule has 0 saturated carbocycles. The second-order valence-electron chi connectivity index (χ2n) is 15.8. The summed E-state index contributed by atoms with van der Waals surface area (Å²) in [5.74, 6) is 0. The van der Waals surface area contributed by atoms with Gasteiger partial charge in [0, 0.05) is 20.2 Å². The summed E-state index contributed by atoms with van der Waals surface area (Å²) in [7, 11) is 0. The molecule has 1 aromatic heterocycles. The lowest BCUT2D eigenvalue weighted by Crippen LogP contribution is -1.90. The number of fused-ring (bicyclic) bond motifs is 4. The van der Waals surface area contributed by atoms with Gasteiger partial charge >= 0.3 is 0 Å². The van der Waals surface area contributed by atoms with Crippen LogP contribution in [0.15, 0.2) is 200 Å². The first-order valence-corrected chi connectivity index (χ1v) is 21.7. The van der Waals surface area contributed by atoms with E-state index < -0.39 is 0 Å². The number of thiophene rings is 1. The summed E-state index contributed by atoms with van der Waals surface area (Å²) in [4.78, 5) is 0. The first-order chi connectivity index (χ1) is 29.2. The van der Waals surface area contributed by atoms with Gasteiger partial charge in [-0.25, -0.2) is 0 Å². The Bertz CT molecular complexity index is 2970. The minimum Gasteiger partial charge on any atom is -0.135 e. The molecule has 0 unspecified atom stereocenters. The van der Waals surface area contributed by atoms with Gasteiger partial charge in [-0.15, -0.1) is 11.3 Å². The summed E-state index contributed by atoms with van der Waals surface area (Å²) in [6.07, 6.45) is 0. The van der Waals surface area contributed by atoms with E-state index in [0.717, 1.165) is 0 Å². The average molecular weight is 795 g/mol. The zero-order valence-corrected chi connectivity index (χ0v) is 36.8. The summed E-state index contributed by atoms with van der Waals surface area (Å²) < 4.78 is 2.75. The molecule has 0 amide bonds. The van der Waals surface area contributed by atoms with Crippen molar-refractivity contribution in [2.75, 3.05) is 0 Å². The summed E-state index contributed by atoms with van der Waals surface area (Å²) in [6.45, 7) is 15.0. The van der Waals surface area contributed by atoms with E-state index in [1.165, 1.54) is 103 Å². The van der Waals surface area contributed by atoms with Crippen molar-refractivity contribution in [2.24, 2.45) is 0 Å². The molecule has 0 atom stereocenters. The van der Waals surface area contributed by atoms with Gasteiger partial charge in [0.15, 0.2) is 0 Å². The molecule has 1 heterocycles. The second kappa shape index (κ2) is 19.5. The third-order valence-corrected chi connectivity index (χ3v) is 12.2. The van der Waals surface area contributed by atoms with Crippen LogP contribution in [-0.2, 0) is 0 Å². The van der Waals surface area contributed by atoms with Crippen molar-refractivity contribution in [1.29, 1.82) is 0 Å². The summed E-state index contributed by atoms with van der Waals surface area (Å²) in [6, 6.07) is 71.4. The van der Waals surface area contributed by atoms with Gasteiger partial charge in [-0.2, -0.15) is 0 Å². The summed E-state index contributed by atoms with van der Waals surface area (Å²) >= 11 is 1.89. The van der Waals surface area contributed by atoms with E-state index in [-0.39, 0.29) is 0 Å². The Morgan fingerprint density at radius 2 is 0.783 bits per heavy atom. The Kier molecular flexibility index (Phi) is 13.5. The fourth-order valence-corrected chi connectivity index (χ4v) is 8.94. The van der Waals surface area contributed by atoms with Crippen LogP contribution in [0.3, 0.4) is 0 Å². The van der Waals surface area contributed by atoms with E-state index in [4.69, 9.17) is 0 Å². The fraction of sp³-hybridized carbons (Fsp3) is 0.119. The summed E-state index contributed by atoms with van der Waals surface area (Å²) in [5, 5.41) is 5.38. The van der Waals surface area contributed by atoms with Crippen molar-refractivity contribution >= 4 is 42.3 Å². The lowest BCUT2D eigenvalue weighted by Gasteiger charge is -2.14. The molecule has 9 aromatic carbocycles. The first-order valence-electron chi connectivity index (χ1n) is 20.8. The minimum absolute atomic E-state index is 1.28. The van der Waals surface area contributed by atoms with Crippen molar-refractivity contribution in [3.8, 4) is 33.4 Å². The van der Waals surface area contributed by atoms with Crippen LogP contribution in [0.1, 0.15) is 38.9 Å². The molecule has 10 aromatic rings. The average Bonchev–Trinajstić information content (AvgIpc) is 3.65. The maximum atomic E-state index is 2.34. The van der Waals surface area contributed by atoms with E-state index in [2.05, 4.69) is 230 Å². The molecule has 296 valence electrons. The molecular weight excluding hydrogens is 741 g/mol. The predicted octanol–water partition coefficient (Wildman–Crippen LogP) is 17.4. The van der Waals surface area contributed by atoms with E-state index in [1.54, 1.807) is 0 Å². The van der Waals surface area contributed by atoms with Crippen LogP contribution >= 0.6 is 11.3 Å². The predicted molar refractivity (Wildman–Crippen MR) is 266 cm³/mol. The maximum absolute atomic E-state index is 2.34. The number of rotatable bonds is 3. The monoisotopic (exact) mass is 794 g/mol. The molecule has 60 heavy (non-hydrogen) atoms. The minimum atomic E-state index is 1.28. The zero-order valence-electron chi connectivity index (χ0n) is 36.0. The Hall–Kier alpha value is -6.54. The highest BCUT2D eigenvalue weighted by Gasteiger charge is 2.11. The molecule has 0 spiro atoms. The topological polar surface area (TPSA) is 0 Å². The van der Waals surface area contributed by atoms with Crippen LogP contribution in [0.4, 0.5) is 0 Å². The molecule has 0 radical (unpaired) electrons. The maximum Gasteiger partial charge on any atom is 0.0433 e. The number of hydrogen-bond donors (Lipinski definition) is 0. The molecule has 0 aliphatic carbocycles. The molecule has 0 aliphatic rings. The highest BCUT2D eigenvalue weighted by atomic mass is 32.1. The zero-order chi connectivity index (χ0) is 42.0. The molecule has 0 bridgehead atoms. The Morgan fingerprint density at radius 1 is 0.267 bits per heavy atom. The van der Waals surface area contributed by atoms with Gasteiger partial charge in [0.1, 0.15) is 0 Å². The van der Waals surface area contributed by atoms with E-state index in [9.17, 15) is 0 Å². The standard InChI is InChI=1S/C25H22.C19H14S.C8H10.C7H8/c1-17-8-4-5-10-22(17)25-16-20(14-12-19(25)3)23-15-13-18(2)21-9-6-7-11-24(21)23;1-13-9-11-14(12-10-13)15-6-4-7-17-16-5-2-3-8-18(16)20-19(15)17;1-7-4-3-5-8(2)6-7;1-7-5-3-2-4-6-7/h4-16H,1-3H3;2-12H,1H3;3-6H,1-2H3;2-6H,1H3. The third kappa shape index (κ3) is 10.0. The van der Waals surface area contributed by atoms with Gasteiger partial charge in [0.05, 0.1) is 0 Å². The lowest BCUT2D eigenvalue weighted by atomic mass is 9.90. The van der Waals surface area contributed by atoms with Crippen LogP contribution in [0.2, 0.25) is 0 Å². The molecular formula is C59H54S. The van der Waals surface area contributed by atoms with Gasteiger partial charge in [-0.3, -0.25) is 0 Å². The van der Waals surface area contributed by atoms with Gasteiger partial charge < -0.3 is 0 Å². The SMILES string of the molecule is Cc1ccc(-c2cccc3c2sc2ccccc23)cc1.Cc1cccc(C)c1.Cc1ccccc1.Cc1ccccc1-c1cc(-c2ccc(C)c3ccccc23)ccc1C. The molecule has 0 aliphatic heterocycles. The Labute approximate surface area is 361 Å². The van der Waals surface area contributed by atoms with E-state index in [0.29, 0.717) is 0 Å². The Morgan fingerprint density at radius 3 is 1.45 bits per heavy atom. The molecule has 0 N–H and O–H groups in total. The highest BCUT2D eigenvalue weighted by Crippen LogP contribution is 2.40. The third-order valence-electron chi connectivity index (χ3n) is 11.0. The molecule has 0 fully saturated rings. The van der Waals surface area contributed by atoms with Gasteiger partial charge in [-0.05, 0) is 121 Å². The normalized spacial score (nSPS) is 10.6. The molecule has 10 rings (SSSR count). The number of aryl methyl sites for hydroxylation is 7. The van der Waals surface area contributed by atoms with Gasteiger partial charge in [0.2, 0.25) is 0 Å². The van der Waals surface area contributed by atoms with Crippen LogP contribution in [0, 0.1) is 48.5 Å². The molecule has 0 saturated heterocycles. The largest absolute Gasteiger partial charge is 0.135 e. The van der Waals surface area contributed by atoms with Gasteiger partial charge in [0.25, 0.3) is 0 Å². The van der Waals surface area contributed by atoms with Crippen molar-refractivity contribution < 1.29 is 0 Å². The lowest BCUT2D eigenvalue weighted by molar-refractivity contribution is 1.39.